The number of carboxylic acid groups (broad SMARTS) is 1. The number of aliphatic carboxylic acids is 1. The number of piperidine rings is 1. The largest absolute Gasteiger partial charge is 0.480 e. The van der Waals surface area contributed by atoms with Crippen molar-refractivity contribution < 1.29 is 14.7 Å². The smallest absolute Gasteiger partial charge is 0.325 e. The molecule has 0 saturated carbocycles. The van der Waals surface area contributed by atoms with Gasteiger partial charge in [-0.05, 0) is 32.7 Å². The summed E-state index contributed by atoms with van der Waals surface area (Å²) in [4.78, 5) is 24.5. The second kappa shape index (κ2) is 7.20. The van der Waals surface area contributed by atoms with Crippen LogP contribution in [0.15, 0.2) is 0 Å². The molecule has 1 aliphatic rings. The van der Waals surface area contributed by atoms with Gasteiger partial charge < -0.3 is 20.6 Å². The molecule has 18 heavy (non-hydrogen) atoms. The molecule has 1 atom stereocenters. The maximum absolute atomic E-state index is 11.5. The Hall–Kier alpha value is -1.30. The molecule has 0 radical (unpaired) electrons. The van der Waals surface area contributed by atoms with E-state index in [2.05, 4.69) is 22.5 Å². The lowest BCUT2D eigenvalue weighted by molar-refractivity contribution is -0.138. The molecule has 1 rings (SSSR count). The van der Waals surface area contributed by atoms with Gasteiger partial charge in [-0.25, -0.2) is 4.79 Å². The first-order valence-electron chi connectivity index (χ1n) is 6.55. The van der Waals surface area contributed by atoms with Crippen LogP contribution in [0.5, 0.6) is 0 Å². The molecule has 1 heterocycles. The Kier molecular flexibility index (Phi) is 5.91. The van der Waals surface area contributed by atoms with Crippen molar-refractivity contribution in [2.24, 2.45) is 0 Å². The zero-order valence-corrected chi connectivity index (χ0v) is 11.1. The molecular formula is C12H23N3O3. The number of nitrogens with one attached hydrogen (secondary N) is 2. The summed E-state index contributed by atoms with van der Waals surface area (Å²) in [6.07, 6.45) is 3.00. The molecule has 0 bridgehead atoms. The molecule has 0 aromatic heterocycles. The summed E-state index contributed by atoms with van der Waals surface area (Å²) in [5.74, 6) is -1.03. The molecule has 2 amide bonds. The van der Waals surface area contributed by atoms with Crippen LogP contribution in [0.3, 0.4) is 0 Å². The molecule has 1 fully saturated rings. The lowest BCUT2D eigenvalue weighted by atomic mass is 10.1. The van der Waals surface area contributed by atoms with E-state index in [1.54, 1.807) is 0 Å². The molecule has 3 N–H and O–H groups in total. The van der Waals surface area contributed by atoms with Crippen LogP contribution in [0.2, 0.25) is 0 Å². The summed E-state index contributed by atoms with van der Waals surface area (Å²) < 4.78 is 0. The van der Waals surface area contributed by atoms with Gasteiger partial charge in [0.1, 0.15) is 6.04 Å². The predicted molar refractivity (Wildman–Crippen MR) is 68.5 cm³/mol. The highest BCUT2D eigenvalue weighted by molar-refractivity contribution is 5.82. The first kappa shape index (κ1) is 14.8. The first-order valence-corrected chi connectivity index (χ1v) is 6.55. The molecule has 6 nitrogen and oxygen atoms in total. The maximum Gasteiger partial charge on any atom is 0.325 e. The minimum Gasteiger partial charge on any atom is -0.480 e. The van der Waals surface area contributed by atoms with Crippen LogP contribution in [-0.2, 0) is 4.79 Å². The van der Waals surface area contributed by atoms with E-state index in [-0.39, 0.29) is 12.1 Å². The van der Waals surface area contributed by atoms with Crippen molar-refractivity contribution >= 4 is 12.0 Å². The lowest BCUT2D eigenvalue weighted by Crippen LogP contribution is -2.51. The Morgan fingerprint density at radius 3 is 2.50 bits per heavy atom. The summed E-state index contributed by atoms with van der Waals surface area (Å²) in [5.41, 5.74) is 0. The SMILES string of the molecule is CCCN1CCC(NC(=O)NC(C)C(=O)O)CC1. The van der Waals surface area contributed by atoms with Gasteiger partial charge in [-0.1, -0.05) is 6.92 Å². The van der Waals surface area contributed by atoms with Crippen molar-refractivity contribution in [3.63, 3.8) is 0 Å². The van der Waals surface area contributed by atoms with Gasteiger partial charge in [0.15, 0.2) is 0 Å². The monoisotopic (exact) mass is 257 g/mol. The molecule has 1 unspecified atom stereocenters. The number of hydrogen-bond acceptors (Lipinski definition) is 3. The van der Waals surface area contributed by atoms with Crippen molar-refractivity contribution in [1.29, 1.82) is 0 Å². The second-order valence-corrected chi connectivity index (χ2v) is 4.79. The minimum atomic E-state index is -1.03. The van der Waals surface area contributed by atoms with Gasteiger partial charge in [-0.15, -0.1) is 0 Å². The Morgan fingerprint density at radius 1 is 1.39 bits per heavy atom. The predicted octanol–water partition coefficient (Wildman–Crippen LogP) is 0.633. The molecule has 0 aromatic rings. The van der Waals surface area contributed by atoms with Gasteiger partial charge in [0.05, 0.1) is 0 Å². The van der Waals surface area contributed by atoms with Gasteiger partial charge in [-0.3, -0.25) is 4.79 Å². The number of likely N-dealkylation sites (tertiary alicyclic amines) is 1. The van der Waals surface area contributed by atoms with Gasteiger partial charge in [0, 0.05) is 19.1 Å². The topological polar surface area (TPSA) is 81.7 Å². The average molecular weight is 257 g/mol. The number of rotatable bonds is 5. The molecule has 0 aromatic carbocycles. The van der Waals surface area contributed by atoms with Crippen LogP contribution in [0, 0.1) is 0 Å². The highest BCUT2D eigenvalue weighted by atomic mass is 16.4. The lowest BCUT2D eigenvalue weighted by Gasteiger charge is -2.32. The Morgan fingerprint density at radius 2 is 2.00 bits per heavy atom. The fourth-order valence-electron chi connectivity index (χ4n) is 2.10. The number of carboxylic acids is 1. The normalized spacial score (nSPS) is 19.2. The third-order valence-corrected chi connectivity index (χ3v) is 3.18. The highest BCUT2D eigenvalue weighted by Crippen LogP contribution is 2.10. The fraction of sp³-hybridized carbons (Fsp3) is 0.833. The van der Waals surface area contributed by atoms with E-state index in [0.29, 0.717) is 0 Å². The zero-order valence-electron chi connectivity index (χ0n) is 11.1. The van der Waals surface area contributed by atoms with Crippen molar-refractivity contribution in [3.8, 4) is 0 Å². The fourth-order valence-corrected chi connectivity index (χ4v) is 2.10. The quantitative estimate of drug-likeness (QED) is 0.675. The average Bonchev–Trinajstić information content (AvgIpc) is 2.31. The van der Waals surface area contributed by atoms with Crippen LogP contribution in [0.4, 0.5) is 4.79 Å². The number of carbonyl (C=O) groups excluding carboxylic acids is 1. The van der Waals surface area contributed by atoms with Crippen LogP contribution in [0.1, 0.15) is 33.1 Å². The van der Waals surface area contributed by atoms with Crippen LogP contribution in [-0.4, -0.2) is 53.7 Å². The van der Waals surface area contributed by atoms with E-state index in [9.17, 15) is 9.59 Å². The summed E-state index contributed by atoms with van der Waals surface area (Å²) in [6, 6.07) is -1.09. The molecule has 0 aliphatic carbocycles. The van der Waals surface area contributed by atoms with Crippen molar-refractivity contribution in [1.82, 2.24) is 15.5 Å². The standard InChI is InChI=1S/C12H23N3O3/c1-3-6-15-7-4-10(5-8-15)14-12(18)13-9(2)11(16)17/h9-10H,3-8H2,1-2H3,(H,16,17)(H2,13,14,18). The van der Waals surface area contributed by atoms with E-state index in [1.807, 2.05) is 0 Å². The molecule has 0 spiro atoms. The number of nitrogens with zero attached hydrogens (tertiary/aromatic N) is 1. The number of urea groups is 1. The van der Waals surface area contributed by atoms with Gasteiger partial charge in [-0.2, -0.15) is 0 Å². The highest BCUT2D eigenvalue weighted by Gasteiger charge is 2.21. The van der Waals surface area contributed by atoms with Crippen molar-refractivity contribution in [2.75, 3.05) is 19.6 Å². The minimum absolute atomic E-state index is 0.152. The number of hydrogen-bond donors (Lipinski definition) is 3. The Labute approximate surface area is 108 Å². The Balaban J connectivity index is 2.24. The van der Waals surface area contributed by atoms with Crippen LogP contribution < -0.4 is 10.6 Å². The third-order valence-electron chi connectivity index (χ3n) is 3.18. The van der Waals surface area contributed by atoms with Gasteiger partial charge >= 0.3 is 12.0 Å². The van der Waals surface area contributed by atoms with Crippen molar-refractivity contribution in [2.45, 2.75) is 45.2 Å². The molecule has 1 saturated heterocycles. The van der Waals surface area contributed by atoms with E-state index < -0.39 is 12.0 Å². The van der Waals surface area contributed by atoms with E-state index >= 15 is 0 Å². The first-order chi connectivity index (χ1) is 8.52. The zero-order chi connectivity index (χ0) is 13.5. The molecule has 6 heteroatoms. The van der Waals surface area contributed by atoms with Crippen LogP contribution >= 0.6 is 0 Å². The summed E-state index contributed by atoms with van der Waals surface area (Å²) in [6.45, 7) is 6.70. The van der Waals surface area contributed by atoms with Crippen molar-refractivity contribution in [3.05, 3.63) is 0 Å². The third kappa shape index (κ3) is 4.91. The van der Waals surface area contributed by atoms with E-state index in [4.69, 9.17) is 5.11 Å². The van der Waals surface area contributed by atoms with Crippen LogP contribution in [0.25, 0.3) is 0 Å². The van der Waals surface area contributed by atoms with Gasteiger partial charge in [0.25, 0.3) is 0 Å². The molecular weight excluding hydrogens is 234 g/mol. The number of amides is 2. The molecule has 104 valence electrons. The second-order valence-electron chi connectivity index (χ2n) is 4.79. The van der Waals surface area contributed by atoms with E-state index in [1.165, 1.54) is 6.92 Å². The summed E-state index contributed by atoms with van der Waals surface area (Å²) in [5, 5.41) is 13.9. The number of carbonyl (C=O) groups is 2. The molecule has 1 aliphatic heterocycles. The summed E-state index contributed by atoms with van der Waals surface area (Å²) in [7, 11) is 0. The Bertz CT molecular complexity index is 288. The maximum atomic E-state index is 11.5. The van der Waals surface area contributed by atoms with Gasteiger partial charge in [0.2, 0.25) is 0 Å². The summed E-state index contributed by atoms with van der Waals surface area (Å²) >= 11 is 0. The van der Waals surface area contributed by atoms with E-state index in [0.717, 1.165) is 38.9 Å².